The lowest BCUT2D eigenvalue weighted by Crippen LogP contribution is -2.44. The van der Waals surface area contributed by atoms with Gasteiger partial charge in [0.25, 0.3) is 0 Å². The maximum atomic E-state index is 12.9. The largest absolute Gasteiger partial charge is 0.460 e. The van der Waals surface area contributed by atoms with E-state index in [-0.39, 0.29) is 12.0 Å². The van der Waals surface area contributed by atoms with Gasteiger partial charge >= 0.3 is 5.97 Å². The van der Waals surface area contributed by atoms with E-state index in [9.17, 15) is 9.90 Å². The second-order valence-electron chi connectivity index (χ2n) is 6.66. The van der Waals surface area contributed by atoms with Gasteiger partial charge in [0.15, 0.2) is 5.60 Å². The zero-order valence-electron chi connectivity index (χ0n) is 14.4. The standard InChI is InChI=1S/C19H30O3S/c1-3-5-6-12-16(4-2)22-18(20)19(21,15-10-7-8-11-15)17-13-9-14-23-17/h9,13-16,21H,3-8,10-12H2,1-2H3/t16?,19-/m1/s1. The lowest BCUT2D eigenvalue weighted by atomic mass is 9.84. The predicted octanol–water partition coefficient (Wildman–Crippen LogP) is 5.03. The molecule has 2 atom stereocenters. The number of carbonyl (C=O) groups is 1. The van der Waals surface area contributed by atoms with Gasteiger partial charge in [0, 0.05) is 10.8 Å². The first-order chi connectivity index (χ1) is 11.1. The van der Waals surface area contributed by atoms with Crippen LogP contribution >= 0.6 is 11.3 Å². The molecule has 0 aromatic carbocycles. The summed E-state index contributed by atoms with van der Waals surface area (Å²) < 4.78 is 5.77. The molecule has 130 valence electrons. The summed E-state index contributed by atoms with van der Waals surface area (Å²) in [5, 5.41) is 13.2. The molecular weight excluding hydrogens is 308 g/mol. The van der Waals surface area contributed by atoms with E-state index in [4.69, 9.17) is 4.74 Å². The average molecular weight is 339 g/mol. The maximum absolute atomic E-state index is 12.9. The highest BCUT2D eigenvalue weighted by molar-refractivity contribution is 7.10. The number of ether oxygens (including phenoxy) is 1. The van der Waals surface area contributed by atoms with E-state index in [1.54, 1.807) is 0 Å². The summed E-state index contributed by atoms with van der Waals surface area (Å²) >= 11 is 1.45. The van der Waals surface area contributed by atoms with Crippen LogP contribution in [0, 0.1) is 5.92 Å². The monoisotopic (exact) mass is 338 g/mol. The fraction of sp³-hybridized carbons (Fsp3) is 0.737. The molecule has 1 aromatic rings. The SMILES string of the molecule is CCCCCC(CC)OC(=O)[C@](O)(c1cccs1)C1CCCC1. The lowest BCUT2D eigenvalue weighted by molar-refractivity contribution is -0.179. The Labute approximate surface area is 144 Å². The highest BCUT2D eigenvalue weighted by atomic mass is 32.1. The summed E-state index contributed by atoms with van der Waals surface area (Å²) in [6.07, 6.45) is 8.97. The van der Waals surface area contributed by atoms with Crippen molar-refractivity contribution in [1.82, 2.24) is 0 Å². The van der Waals surface area contributed by atoms with E-state index >= 15 is 0 Å². The Hall–Kier alpha value is -0.870. The number of unbranched alkanes of at least 4 members (excludes halogenated alkanes) is 2. The molecule has 1 fully saturated rings. The van der Waals surface area contributed by atoms with Crippen molar-refractivity contribution in [3.8, 4) is 0 Å². The van der Waals surface area contributed by atoms with E-state index in [1.807, 2.05) is 24.4 Å². The van der Waals surface area contributed by atoms with Crippen molar-refractivity contribution in [2.45, 2.75) is 83.3 Å². The molecule has 1 aliphatic rings. The van der Waals surface area contributed by atoms with Crippen LogP contribution in [0.5, 0.6) is 0 Å². The molecule has 1 heterocycles. The van der Waals surface area contributed by atoms with Gasteiger partial charge in [-0.2, -0.15) is 0 Å². The third kappa shape index (κ3) is 4.36. The van der Waals surface area contributed by atoms with Gasteiger partial charge < -0.3 is 9.84 Å². The molecule has 0 amide bonds. The highest BCUT2D eigenvalue weighted by Gasteiger charge is 2.49. The summed E-state index contributed by atoms with van der Waals surface area (Å²) in [7, 11) is 0. The highest BCUT2D eigenvalue weighted by Crippen LogP contribution is 2.43. The molecule has 0 bridgehead atoms. The molecule has 4 heteroatoms. The molecular formula is C19H30O3S. The Bertz CT molecular complexity index is 465. The Balaban J connectivity index is 2.10. The third-order valence-electron chi connectivity index (χ3n) is 5.01. The molecule has 1 aromatic heterocycles. The summed E-state index contributed by atoms with van der Waals surface area (Å²) in [6, 6.07) is 3.76. The maximum Gasteiger partial charge on any atom is 0.344 e. The molecule has 3 nitrogen and oxygen atoms in total. The summed E-state index contributed by atoms with van der Waals surface area (Å²) in [5.74, 6) is -0.447. The van der Waals surface area contributed by atoms with Crippen molar-refractivity contribution in [3.05, 3.63) is 22.4 Å². The van der Waals surface area contributed by atoms with Gasteiger partial charge in [-0.3, -0.25) is 0 Å². The number of aliphatic hydroxyl groups is 1. The van der Waals surface area contributed by atoms with Crippen LogP contribution in [-0.2, 0) is 15.1 Å². The number of rotatable bonds is 9. The number of carbonyl (C=O) groups excluding carboxylic acids is 1. The fourth-order valence-corrected chi connectivity index (χ4v) is 4.41. The van der Waals surface area contributed by atoms with Crippen LogP contribution in [0.25, 0.3) is 0 Å². The molecule has 1 saturated carbocycles. The number of hydrogen-bond acceptors (Lipinski definition) is 4. The van der Waals surface area contributed by atoms with Gasteiger partial charge in [0.1, 0.15) is 6.10 Å². The van der Waals surface area contributed by atoms with Gasteiger partial charge in [-0.15, -0.1) is 11.3 Å². The zero-order valence-corrected chi connectivity index (χ0v) is 15.2. The minimum absolute atomic E-state index is 0.0122. The van der Waals surface area contributed by atoms with E-state index in [2.05, 4.69) is 6.92 Å². The van der Waals surface area contributed by atoms with Crippen molar-refractivity contribution in [2.24, 2.45) is 5.92 Å². The normalized spacial score (nSPS) is 19.4. The molecule has 1 aliphatic carbocycles. The molecule has 1 N–H and O–H groups in total. The van der Waals surface area contributed by atoms with Crippen LogP contribution in [0.2, 0.25) is 0 Å². The van der Waals surface area contributed by atoms with E-state index in [0.29, 0.717) is 0 Å². The molecule has 0 aliphatic heterocycles. The Kier molecular flexibility index (Phi) is 7.09. The van der Waals surface area contributed by atoms with E-state index in [0.717, 1.165) is 62.7 Å². The topological polar surface area (TPSA) is 46.5 Å². The van der Waals surface area contributed by atoms with E-state index in [1.165, 1.54) is 11.3 Å². The minimum atomic E-state index is -1.46. The molecule has 2 rings (SSSR count). The second kappa shape index (κ2) is 8.84. The first-order valence-electron chi connectivity index (χ1n) is 9.10. The fourth-order valence-electron chi connectivity index (χ4n) is 3.52. The molecule has 0 spiro atoms. The predicted molar refractivity (Wildman–Crippen MR) is 94.5 cm³/mol. The molecule has 0 radical (unpaired) electrons. The summed E-state index contributed by atoms with van der Waals surface area (Å²) in [4.78, 5) is 13.6. The molecule has 0 saturated heterocycles. The van der Waals surface area contributed by atoms with Crippen LogP contribution in [0.1, 0.15) is 76.5 Å². The molecule has 1 unspecified atom stereocenters. The van der Waals surface area contributed by atoms with Crippen LogP contribution in [-0.4, -0.2) is 17.2 Å². The molecule has 23 heavy (non-hydrogen) atoms. The van der Waals surface area contributed by atoms with Crippen molar-refractivity contribution in [1.29, 1.82) is 0 Å². The Morgan fingerprint density at radius 1 is 1.39 bits per heavy atom. The first-order valence-corrected chi connectivity index (χ1v) is 9.98. The smallest absolute Gasteiger partial charge is 0.344 e. The van der Waals surface area contributed by atoms with Gasteiger partial charge in [0.2, 0.25) is 0 Å². The third-order valence-corrected chi connectivity index (χ3v) is 6.01. The van der Waals surface area contributed by atoms with Gasteiger partial charge in [-0.1, -0.05) is 45.6 Å². The number of thiophene rings is 1. The minimum Gasteiger partial charge on any atom is -0.460 e. The number of hydrogen-bond donors (Lipinski definition) is 1. The summed E-state index contributed by atoms with van der Waals surface area (Å²) in [6.45, 7) is 4.21. The first kappa shape index (κ1) is 18.5. The van der Waals surface area contributed by atoms with Gasteiger partial charge in [-0.25, -0.2) is 4.79 Å². The Morgan fingerprint density at radius 2 is 2.13 bits per heavy atom. The summed E-state index contributed by atoms with van der Waals surface area (Å²) in [5.41, 5.74) is -1.46. The van der Waals surface area contributed by atoms with Crippen molar-refractivity contribution >= 4 is 17.3 Å². The van der Waals surface area contributed by atoms with Crippen molar-refractivity contribution in [3.63, 3.8) is 0 Å². The zero-order chi connectivity index (χ0) is 16.7. The van der Waals surface area contributed by atoms with Crippen LogP contribution in [0.4, 0.5) is 0 Å². The Morgan fingerprint density at radius 3 is 2.70 bits per heavy atom. The number of esters is 1. The van der Waals surface area contributed by atoms with Gasteiger partial charge in [-0.05, 0) is 43.6 Å². The van der Waals surface area contributed by atoms with Crippen LogP contribution < -0.4 is 0 Å². The lowest BCUT2D eigenvalue weighted by Gasteiger charge is -2.32. The van der Waals surface area contributed by atoms with E-state index < -0.39 is 11.6 Å². The van der Waals surface area contributed by atoms with Crippen molar-refractivity contribution < 1.29 is 14.6 Å². The van der Waals surface area contributed by atoms with Crippen LogP contribution in [0.15, 0.2) is 17.5 Å². The quantitative estimate of drug-likeness (QED) is 0.507. The van der Waals surface area contributed by atoms with Crippen molar-refractivity contribution in [2.75, 3.05) is 0 Å². The second-order valence-corrected chi connectivity index (χ2v) is 7.60. The van der Waals surface area contributed by atoms with Crippen LogP contribution in [0.3, 0.4) is 0 Å². The average Bonchev–Trinajstić information content (AvgIpc) is 3.26. The van der Waals surface area contributed by atoms with Gasteiger partial charge in [0.05, 0.1) is 0 Å².